The Morgan fingerprint density at radius 1 is 1.24 bits per heavy atom. The number of thioether (sulfide) groups is 1. The van der Waals surface area contributed by atoms with E-state index in [0.29, 0.717) is 13.0 Å². The molecule has 0 radical (unpaired) electrons. The molecule has 1 aromatic rings. The minimum absolute atomic E-state index is 0.0505. The fourth-order valence-corrected chi connectivity index (χ4v) is 4.59. The SMILES string of the molecule is NCC1(CC(=O)N2CCSc3ccccc32)CCCCC1. The zero-order chi connectivity index (χ0) is 14.7. The van der Waals surface area contributed by atoms with Gasteiger partial charge in [0.05, 0.1) is 5.69 Å². The summed E-state index contributed by atoms with van der Waals surface area (Å²) in [5.74, 6) is 1.24. The van der Waals surface area contributed by atoms with Crippen molar-refractivity contribution in [3.8, 4) is 0 Å². The first-order valence-electron chi connectivity index (χ1n) is 7.96. The molecule has 1 aromatic carbocycles. The highest BCUT2D eigenvalue weighted by Crippen LogP contribution is 2.41. The van der Waals surface area contributed by atoms with Gasteiger partial charge < -0.3 is 10.6 Å². The number of rotatable bonds is 3. The molecule has 2 aliphatic rings. The van der Waals surface area contributed by atoms with Crippen molar-refractivity contribution in [3.63, 3.8) is 0 Å². The number of hydrogen-bond donors (Lipinski definition) is 1. The van der Waals surface area contributed by atoms with E-state index in [2.05, 4.69) is 12.1 Å². The molecule has 21 heavy (non-hydrogen) atoms. The fraction of sp³-hybridized carbons (Fsp3) is 0.588. The smallest absolute Gasteiger partial charge is 0.227 e. The van der Waals surface area contributed by atoms with Crippen LogP contribution in [0, 0.1) is 5.41 Å². The molecular weight excluding hydrogens is 280 g/mol. The van der Waals surface area contributed by atoms with Crippen LogP contribution in [0.25, 0.3) is 0 Å². The van der Waals surface area contributed by atoms with E-state index in [1.165, 1.54) is 24.2 Å². The van der Waals surface area contributed by atoms with Crippen molar-refractivity contribution in [1.29, 1.82) is 0 Å². The zero-order valence-corrected chi connectivity index (χ0v) is 13.3. The van der Waals surface area contributed by atoms with E-state index in [1.807, 2.05) is 28.8 Å². The topological polar surface area (TPSA) is 46.3 Å². The number of fused-ring (bicyclic) bond motifs is 1. The van der Waals surface area contributed by atoms with Gasteiger partial charge in [-0.25, -0.2) is 0 Å². The maximum atomic E-state index is 12.9. The second-order valence-electron chi connectivity index (χ2n) is 6.30. The molecule has 0 atom stereocenters. The number of nitrogens with two attached hydrogens (primary N) is 1. The van der Waals surface area contributed by atoms with Gasteiger partial charge in [-0.3, -0.25) is 4.79 Å². The van der Waals surface area contributed by atoms with Gasteiger partial charge in [0, 0.05) is 23.6 Å². The molecule has 1 aliphatic heterocycles. The molecule has 3 rings (SSSR count). The van der Waals surface area contributed by atoms with E-state index in [-0.39, 0.29) is 11.3 Å². The van der Waals surface area contributed by atoms with Gasteiger partial charge in [-0.2, -0.15) is 0 Å². The van der Waals surface area contributed by atoms with Crippen LogP contribution in [-0.4, -0.2) is 24.7 Å². The monoisotopic (exact) mass is 304 g/mol. The van der Waals surface area contributed by atoms with E-state index in [9.17, 15) is 4.79 Å². The molecule has 114 valence electrons. The first-order valence-corrected chi connectivity index (χ1v) is 8.95. The van der Waals surface area contributed by atoms with Gasteiger partial charge in [0.25, 0.3) is 0 Å². The Hall–Kier alpha value is -1.00. The average molecular weight is 304 g/mol. The zero-order valence-electron chi connectivity index (χ0n) is 12.5. The molecule has 1 amide bonds. The lowest BCUT2D eigenvalue weighted by Crippen LogP contribution is -2.42. The van der Waals surface area contributed by atoms with E-state index >= 15 is 0 Å². The van der Waals surface area contributed by atoms with Crippen molar-refractivity contribution in [1.82, 2.24) is 0 Å². The highest BCUT2D eigenvalue weighted by molar-refractivity contribution is 7.99. The maximum absolute atomic E-state index is 12.9. The summed E-state index contributed by atoms with van der Waals surface area (Å²) in [6.45, 7) is 1.46. The van der Waals surface area contributed by atoms with Crippen LogP contribution < -0.4 is 10.6 Å². The van der Waals surface area contributed by atoms with Crippen LogP contribution in [0.2, 0.25) is 0 Å². The number of carbonyl (C=O) groups excluding carboxylic acids is 1. The van der Waals surface area contributed by atoms with Gasteiger partial charge >= 0.3 is 0 Å². The lowest BCUT2D eigenvalue weighted by Gasteiger charge is -2.38. The molecule has 1 saturated carbocycles. The summed E-state index contributed by atoms with van der Waals surface area (Å²) in [6.07, 6.45) is 6.56. The van der Waals surface area contributed by atoms with E-state index in [0.717, 1.165) is 30.8 Å². The summed E-state index contributed by atoms with van der Waals surface area (Å²) in [5, 5.41) is 0. The number of nitrogens with zero attached hydrogens (tertiary/aromatic N) is 1. The molecule has 0 unspecified atom stereocenters. The summed E-state index contributed by atoms with van der Waals surface area (Å²) in [7, 11) is 0. The number of amides is 1. The lowest BCUT2D eigenvalue weighted by atomic mass is 9.71. The minimum Gasteiger partial charge on any atom is -0.330 e. The van der Waals surface area contributed by atoms with Gasteiger partial charge in [0.1, 0.15) is 0 Å². The Labute approximate surface area is 131 Å². The van der Waals surface area contributed by atoms with Gasteiger partial charge in [-0.15, -0.1) is 11.8 Å². The highest BCUT2D eigenvalue weighted by atomic mass is 32.2. The van der Waals surface area contributed by atoms with Crippen LogP contribution in [-0.2, 0) is 4.79 Å². The fourth-order valence-electron chi connectivity index (χ4n) is 3.60. The second kappa shape index (κ2) is 6.41. The standard InChI is InChI=1S/C17H24N2OS/c18-13-17(8-4-1-5-9-17)12-16(20)19-10-11-21-15-7-3-2-6-14(15)19/h2-3,6-7H,1,4-5,8-13,18H2. The van der Waals surface area contributed by atoms with E-state index < -0.39 is 0 Å². The number of para-hydroxylation sites is 1. The second-order valence-corrected chi connectivity index (χ2v) is 7.44. The highest BCUT2D eigenvalue weighted by Gasteiger charge is 2.35. The predicted octanol–water partition coefficient (Wildman–Crippen LogP) is 3.42. The van der Waals surface area contributed by atoms with Crippen molar-refractivity contribution in [2.45, 2.75) is 43.4 Å². The van der Waals surface area contributed by atoms with Gasteiger partial charge in [0.2, 0.25) is 5.91 Å². The third kappa shape index (κ3) is 3.11. The summed E-state index contributed by atoms with van der Waals surface area (Å²) in [6, 6.07) is 8.24. The predicted molar refractivity (Wildman–Crippen MR) is 88.7 cm³/mol. The number of benzene rings is 1. The third-order valence-electron chi connectivity index (χ3n) is 4.90. The number of carbonyl (C=O) groups is 1. The first kappa shape index (κ1) is 14.9. The molecule has 0 aromatic heterocycles. The normalized spacial score (nSPS) is 20.9. The van der Waals surface area contributed by atoms with Crippen molar-refractivity contribution in [2.24, 2.45) is 11.1 Å². The molecule has 3 nitrogen and oxygen atoms in total. The number of anilines is 1. The van der Waals surface area contributed by atoms with Crippen LogP contribution in [0.1, 0.15) is 38.5 Å². The minimum atomic E-state index is 0.0505. The molecular formula is C17H24N2OS. The quantitative estimate of drug-likeness (QED) is 0.930. The lowest BCUT2D eigenvalue weighted by molar-refractivity contribution is -0.121. The van der Waals surface area contributed by atoms with Crippen LogP contribution in [0.15, 0.2) is 29.2 Å². The molecule has 0 spiro atoms. The van der Waals surface area contributed by atoms with Crippen LogP contribution in [0.5, 0.6) is 0 Å². The summed E-state index contributed by atoms with van der Waals surface area (Å²) in [4.78, 5) is 16.1. The first-order chi connectivity index (χ1) is 10.2. The van der Waals surface area contributed by atoms with Crippen molar-refractivity contribution >= 4 is 23.4 Å². The third-order valence-corrected chi connectivity index (χ3v) is 5.95. The molecule has 1 heterocycles. The van der Waals surface area contributed by atoms with Crippen molar-refractivity contribution in [3.05, 3.63) is 24.3 Å². The Bertz CT molecular complexity index is 511. The Balaban J connectivity index is 1.77. The molecule has 1 aliphatic carbocycles. The van der Waals surface area contributed by atoms with Gasteiger partial charge in [-0.1, -0.05) is 31.4 Å². The van der Waals surface area contributed by atoms with Crippen molar-refractivity contribution in [2.75, 3.05) is 23.7 Å². The van der Waals surface area contributed by atoms with Gasteiger partial charge in [-0.05, 0) is 36.9 Å². The van der Waals surface area contributed by atoms with E-state index in [4.69, 9.17) is 5.73 Å². The molecule has 4 heteroatoms. The van der Waals surface area contributed by atoms with Crippen LogP contribution in [0.3, 0.4) is 0 Å². The number of hydrogen-bond acceptors (Lipinski definition) is 3. The summed E-state index contributed by atoms with van der Waals surface area (Å²) in [5.41, 5.74) is 7.17. The Morgan fingerprint density at radius 2 is 2.00 bits per heavy atom. The molecule has 1 fully saturated rings. The Kier molecular flexibility index (Phi) is 4.55. The average Bonchev–Trinajstić information content (AvgIpc) is 2.55. The molecule has 2 N–H and O–H groups in total. The summed E-state index contributed by atoms with van der Waals surface area (Å²) < 4.78 is 0. The van der Waals surface area contributed by atoms with E-state index in [1.54, 1.807) is 0 Å². The van der Waals surface area contributed by atoms with Crippen molar-refractivity contribution < 1.29 is 4.79 Å². The van der Waals surface area contributed by atoms with Crippen LogP contribution in [0.4, 0.5) is 5.69 Å². The maximum Gasteiger partial charge on any atom is 0.227 e. The summed E-state index contributed by atoms with van der Waals surface area (Å²) >= 11 is 1.84. The van der Waals surface area contributed by atoms with Gasteiger partial charge in [0.15, 0.2) is 0 Å². The largest absolute Gasteiger partial charge is 0.330 e. The molecule has 0 saturated heterocycles. The Morgan fingerprint density at radius 3 is 2.76 bits per heavy atom. The molecule has 0 bridgehead atoms. The van der Waals surface area contributed by atoms with Crippen LogP contribution >= 0.6 is 11.8 Å².